The third kappa shape index (κ3) is 3.06. The van der Waals surface area contributed by atoms with Crippen molar-refractivity contribution in [1.29, 1.82) is 0 Å². The molecule has 0 aliphatic rings. The van der Waals surface area contributed by atoms with Gasteiger partial charge in [0.2, 0.25) is 11.7 Å². The molecule has 4 heteroatoms. The molecule has 1 heterocycles. The van der Waals surface area contributed by atoms with E-state index in [0.29, 0.717) is 12.4 Å². The molecule has 0 aliphatic heterocycles. The topological polar surface area (TPSA) is 46.3 Å². The van der Waals surface area contributed by atoms with Crippen LogP contribution in [0.1, 0.15) is 16.1 Å². The fourth-order valence-electron chi connectivity index (χ4n) is 2.20. The Morgan fingerprint density at radius 2 is 1.68 bits per heavy atom. The van der Waals surface area contributed by atoms with Crippen molar-refractivity contribution in [3.05, 3.63) is 78.2 Å². The molecular formula is C18H16N2O2. The first-order chi connectivity index (χ1) is 10.7. The molecule has 110 valence electrons. The highest BCUT2D eigenvalue weighted by Crippen LogP contribution is 2.19. The molecule has 0 bridgehead atoms. The van der Waals surface area contributed by atoms with Crippen LogP contribution in [0.25, 0.3) is 11.5 Å². The highest BCUT2D eigenvalue weighted by molar-refractivity contribution is 5.91. The van der Waals surface area contributed by atoms with Gasteiger partial charge >= 0.3 is 0 Å². The van der Waals surface area contributed by atoms with E-state index in [1.54, 1.807) is 11.9 Å². The average Bonchev–Trinajstić information content (AvgIpc) is 3.06. The molecule has 0 unspecified atom stereocenters. The summed E-state index contributed by atoms with van der Waals surface area (Å²) in [6, 6.07) is 19.4. The highest BCUT2D eigenvalue weighted by Gasteiger charge is 2.17. The van der Waals surface area contributed by atoms with E-state index >= 15 is 0 Å². The van der Waals surface area contributed by atoms with Crippen molar-refractivity contribution in [2.24, 2.45) is 0 Å². The number of amides is 1. The number of carbonyl (C=O) groups is 1. The van der Waals surface area contributed by atoms with Crippen molar-refractivity contribution in [2.75, 3.05) is 7.05 Å². The summed E-state index contributed by atoms with van der Waals surface area (Å²) >= 11 is 0. The van der Waals surface area contributed by atoms with Crippen molar-refractivity contribution in [3.8, 4) is 11.5 Å². The Morgan fingerprint density at radius 3 is 2.36 bits per heavy atom. The molecule has 1 aromatic heterocycles. The van der Waals surface area contributed by atoms with Crippen LogP contribution in [0, 0.1) is 0 Å². The van der Waals surface area contributed by atoms with Crippen LogP contribution >= 0.6 is 0 Å². The number of benzene rings is 2. The number of hydrogen-bond acceptors (Lipinski definition) is 3. The second-order valence-electron chi connectivity index (χ2n) is 5.04. The molecule has 0 spiro atoms. The van der Waals surface area contributed by atoms with E-state index < -0.39 is 0 Å². The van der Waals surface area contributed by atoms with E-state index in [0.717, 1.165) is 11.1 Å². The largest absolute Gasteiger partial charge is 0.431 e. The lowest BCUT2D eigenvalue weighted by atomic mass is 10.2. The van der Waals surface area contributed by atoms with Gasteiger partial charge in [-0.05, 0) is 17.7 Å². The van der Waals surface area contributed by atoms with Gasteiger partial charge < -0.3 is 9.32 Å². The van der Waals surface area contributed by atoms with Crippen LogP contribution in [0.4, 0.5) is 0 Å². The molecule has 22 heavy (non-hydrogen) atoms. The fourth-order valence-corrected chi connectivity index (χ4v) is 2.20. The van der Waals surface area contributed by atoms with Crippen molar-refractivity contribution in [2.45, 2.75) is 6.54 Å². The van der Waals surface area contributed by atoms with Gasteiger partial charge in [-0.2, -0.15) is 0 Å². The molecule has 1 amide bonds. The minimum absolute atomic E-state index is 0.182. The van der Waals surface area contributed by atoms with Crippen LogP contribution in [0.15, 0.2) is 71.3 Å². The van der Waals surface area contributed by atoms with Crippen molar-refractivity contribution in [1.82, 2.24) is 9.88 Å². The van der Waals surface area contributed by atoms with Crippen LogP contribution < -0.4 is 0 Å². The van der Waals surface area contributed by atoms with Gasteiger partial charge in [-0.1, -0.05) is 48.5 Å². The first-order valence-electron chi connectivity index (χ1n) is 7.04. The summed E-state index contributed by atoms with van der Waals surface area (Å²) in [6.07, 6.45) is 1.48. The molecular weight excluding hydrogens is 276 g/mol. The molecule has 0 fully saturated rings. The normalized spacial score (nSPS) is 10.4. The predicted molar refractivity (Wildman–Crippen MR) is 84.2 cm³/mol. The number of aromatic nitrogens is 1. The Balaban J connectivity index is 1.74. The van der Waals surface area contributed by atoms with Gasteiger partial charge in [-0.3, -0.25) is 4.79 Å². The van der Waals surface area contributed by atoms with E-state index in [2.05, 4.69) is 4.98 Å². The standard InChI is InChI=1S/C18H16N2O2/c1-20(13-14-8-4-2-5-9-14)18(21)16-12-19-17(22-16)15-10-6-3-7-11-15/h2-12H,13H2,1H3. The SMILES string of the molecule is CN(Cc1ccccc1)C(=O)c1cnc(-c2ccccc2)o1. The Kier molecular flexibility index (Phi) is 4.01. The van der Waals surface area contributed by atoms with E-state index in [1.165, 1.54) is 6.20 Å². The minimum Gasteiger partial charge on any atom is -0.431 e. The Hall–Kier alpha value is -2.88. The Bertz CT molecular complexity index is 751. The quantitative estimate of drug-likeness (QED) is 0.738. The van der Waals surface area contributed by atoms with Crippen LogP contribution in [-0.2, 0) is 6.54 Å². The highest BCUT2D eigenvalue weighted by atomic mass is 16.4. The van der Waals surface area contributed by atoms with Crippen LogP contribution in [-0.4, -0.2) is 22.8 Å². The summed E-state index contributed by atoms with van der Waals surface area (Å²) in [6.45, 7) is 0.529. The first-order valence-corrected chi connectivity index (χ1v) is 7.04. The maximum Gasteiger partial charge on any atom is 0.291 e. The first kappa shape index (κ1) is 14.1. The summed E-state index contributed by atoms with van der Waals surface area (Å²) in [5, 5.41) is 0. The van der Waals surface area contributed by atoms with Crippen molar-refractivity contribution in [3.63, 3.8) is 0 Å². The van der Waals surface area contributed by atoms with E-state index in [1.807, 2.05) is 60.7 Å². The zero-order valence-corrected chi connectivity index (χ0v) is 12.3. The van der Waals surface area contributed by atoms with Gasteiger partial charge in [-0.25, -0.2) is 4.98 Å². The van der Waals surface area contributed by atoms with Crippen LogP contribution in [0.2, 0.25) is 0 Å². The summed E-state index contributed by atoms with van der Waals surface area (Å²) in [4.78, 5) is 18.2. The molecule has 3 rings (SSSR count). The summed E-state index contributed by atoms with van der Waals surface area (Å²) in [7, 11) is 1.75. The molecule has 0 aliphatic carbocycles. The molecule has 0 radical (unpaired) electrons. The van der Waals surface area contributed by atoms with Crippen LogP contribution in [0.5, 0.6) is 0 Å². The number of oxazole rings is 1. The molecule has 0 saturated heterocycles. The molecule has 4 nitrogen and oxygen atoms in total. The van der Waals surface area contributed by atoms with Gasteiger partial charge in [0.15, 0.2) is 0 Å². The second kappa shape index (κ2) is 6.26. The van der Waals surface area contributed by atoms with E-state index in [-0.39, 0.29) is 11.7 Å². The lowest BCUT2D eigenvalue weighted by Crippen LogP contribution is -2.25. The predicted octanol–water partition coefficient (Wildman–Crippen LogP) is 3.61. The molecule has 0 atom stereocenters. The fraction of sp³-hybridized carbons (Fsp3) is 0.111. The third-order valence-electron chi connectivity index (χ3n) is 3.35. The maximum atomic E-state index is 12.4. The molecule has 3 aromatic rings. The van der Waals surface area contributed by atoms with Crippen LogP contribution in [0.3, 0.4) is 0 Å². The lowest BCUT2D eigenvalue weighted by molar-refractivity contribution is 0.0754. The van der Waals surface area contributed by atoms with E-state index in [9.17, 15) is 4.79 Å². The molecule has 0 saturated carbocycles. The lowest BCUT2D eigenvalue weighted by Gasteiger charge is -2.15. The molecule has 0 N–H and O–H groups in total. The monoisotopic (exact) mass is 292 g/mol. The van der Waals surface area contributed by atoms with Crippen molar-refractivity contribution >= 4 is 5.91 Å². The van der Waals surface area contributed by atoms with Gasteiger partial charge in [0.1, 0.15) is 0 Å². The average molecular weight is 292 g/mol. The smallest absolute Gasteiger partial charge is 0.291 e. The molecule has 2 aromatic carbocycles. The Labute approximate surface area is 129 Å². The zero-order valence-electron chi connectivity index (χ0n) is 12.3. The second-order valence-corrected chi connectivity index (χ2v) is 5.04. The zero-order chi connectivity index (χ0) is 15.4. The maximum absolute atomic E-state index is 12.4. The minimum atomic E-state index is -0.182. The van der Waals surface area contributed by atoms with Gasteiger partial charge in [0.05, 0.1) is 6.20 Å². The number of hydrogen-bond donors (Lipinski definition) is 0. The van der Waals surface area contributed by atoms with Gasteiger partial charge in [0.25, 0.3) is 5.91 Å². The van der Waals surface area contributed by atoms with Gasteiger partial charge in [0, 0.05) is 19.2 Å². The summed E-state index contributed by atoms with van der Waals surface area (Å²) in [5.41, 5.74) is 1.92. The number of nitrogens with zero attached hydrogens (tertiary/aromatic N) is 2. The number of carbonyl (C=O) groups excluding carboxylic acids is 1. The number of rotatable bonds is 4. The summed E-state index contributed by atoms with van der Waals surface area (Å²) in [5.74, 6) is 0.521. The van der Waals surface area contributed by atoms with Crippen molar-refractivity contribution < 1.29 is 9.21 Å². The van der Waals surface area contributed by atoms with E-state index in [4.69, 9.17) is 4.42 Å². The Morgan fingerprint density at radius 1 is 1.05 bits per heavy atom. The summed E-state index contributed by atoms with van der Waals surface area (Å²) < 4.78 is 5.59. The third-order valence-corrected chi connectivity index (χ3v) is 3.35. The van der Waals surface area contributed by atoms with Gasteiger partial charge in [-0.15, -0.1) is 0 Å².